The van der Waals surface area contributed by atoms with Gasteiger partial charge in [-0.1, -0.05) is 0 Å². The molecule has 1 N–H and O–H groups in total. The van der Waals surface area contributed by atoms with Crippen molar-refractivity contribution in [1.29, 1.82) is 0 Å². The molecule has 4 heteroatoms. The third-order valence-electron chi connectivity index (χ3n) is 3.37. The summed E-state index contributed by atoms with van der Waals surface area (Å²) in [5.41, 5.74) is 0.816. The van der Waals surface area contributed by atoms with E-state index < -0.39 is 0 Å². The maximum atomic E-state index is 10.5. The van der Waals surface area contributed by atoms with E-state index in [1.54, 1.807) is 0 Å². The van der Waals surface area contributed by atoms with Crippen molar-refractivity contribution in [2.24, 2.45) is 0 Å². The van der Waals surface area contributed by atoms with Gasteiger partial charge in [-0.25, -0.2) is 4.98 Å². The molecule has 18 heavy (non-hydrogen) atoms. The first-order chi connectivity index (χ1) is 8.88. The lowest BCUT2D eigenvalue weighted by Gasteiger charge is -2.18. The van der Waals surface area contributed by atoms with E-state index in [2.05, 4.69) is 15.2 Å². The molecule has 0 unspecified atom stereocenters. The molecule has 0 atom stereocenters. The van der Waals surface area contributed by atoms with Crippen molar-refractivity contribution in [3.8, 4) is 0 Å². The van der Waals surface area contributed by atoms with Crippen LogP contribution in [0.1, 0.15) is 12.8 Å². The van der Waals surface area contributed by atoms with Crippen molar-refractivity contribution in [3.63, 3.8) is 0 Å². The minimum atomic E-state index is 0.698. The van der Waals surface area contributed by atoms with E-state index in [1.807, 2.05) is 30.5 Å². The van der Waals surface area contributed by atoms with Gasteiger partial charge in [-0.05, 0) is 42.5 Å². The smallest absolute Gasteiger partial charge is 0.211 e. The van der Waals surface area contributed by atoms with Gasteiger partial charge in [0.05, 0.1) is 0 Å². The molecule has 1 saturated heterocycles. The molecule has 4 nitrogen and oxygen atoms in total. The number of rotatable bonds is 3. The maximum Gasteiger partial charge on any atom is 0.211 e. The van der Waals surface area contributed by atoms with Crippen LogP contribution in [0.25, 0.3) is 10.8 Å². The largest absolute Gasteiger partial charge is 0.356 e. The Kier molecular flexibility index (Phi) is 2.84. The summed E-state index contributed by atoms with van der Waals surface area (Å²) in [6, 6.07) is 7.90. The predicted octanol–water partition coefficient (Wildman–Crippen LogP) is 2.40. The van der Waals surface area contributed by atoms with Crippen LogP contribution in [0.4, 0.5) is 11.5 Å². The van der Waals surface area contributed by atoms with Gasteiger partial charge in [0.2, 0.25) is 6.41 Å². The van der Waals surface area contributed by atoms with E-state index in [-0.39, 0.29) is 0 Å². The van der Waals surface area contributed by atoms with Crippen LogP contribution in [0.3, 0.4) is 0 Å². The quantitative estimate of drug-likeness (QED) is 0.839. The second-order valence-electron chi connectivity index (χ2n) is 4.53. The van der Waals surface area contributed by atoms with Gasteiger partial charge in [0.25, 0.3) is 0 Å². The van der Waals surface area contributed by atoms with Gasteiger partial charge in [-0.15, -0.1) is 0 Å². The number of fused-ring (bicyclic) bond motifs is 1. The van der Waals surface area contributed by atoms with E-state index >= 15 is 0 Å². The molecule has 0 bridgehead atoms. The van der Waals surface area contributed by atoms with Gasteiger partial charge in [0, 0.05) is 30.4 Å². The molecular weight excluding hydrogens is 226 g/mol. The van der Waals surface area contributed by atoms with Gasteiger partial charge >= 0.3 is 0 Å². The van der Waals surface area contributed by atoms with Crippen LogP contribution in [-0.4, -0.2) is 24.5 Å². The van der Waals surface area contributed by atoms with E-state index in [9.17, 15) is 4.79 Å². The Labute approximate surface area is 106 Å². The van der Waals surface area contributed by atoms with E-state index in [4.69, 9.17) is 0 Å². The fraction of sp³-hybridized carbons (Fsp3) is 0.286. The third kappa shape index (κ3) is 1.90. The minimum Gasteiger partial charge on any atom is -0.356 e. The zero-order chi connectivity index (χ0) is 12.4. The SMILES string of the molecule is O=CNc1ccc2c(N3CCCC3)nccc2c1. The van der Waals surface area contributed by atoms with Crippen molar-refractivity contribution in [2.75, 3.05) is 23.3 Å². The Bertz CT molecular complexity index is 576. The van der Waals surface area contributed by atoms with Crippen molar-refractivity contribution >= 4 is 28.7 Å². The highest BCUT2D eigenvalue weighted by Gasteiger charge is 2.15. The number of hydrogen-bond donors (Lipinski definition) is 1. The molecule has 0 radical (unpaired) electrons. The van der Waals surface area contributed by atoms with E-state index in [0.29, 0.717) is 6.41 Å². The standard InChI is InChI=1S/C14H15N3O/c18-10-16-12-3-4-13-11(9-12)5-6-15-14(13)17-7-1-2-8-17/h3-6,9-10H,1-2,7-8H2,(H,16,18). The summed E-state index contributed by atoms with van der Waals surface area (Å²) < 4.78 is 0. The fourth-order valence-electron chi connectivity index (χ4n) is 2.50. The molecule has 3 rings (SSSR count). The fourth-order valence-corrected chi connectivity index (χ4v) is 2.50. The topological polar surface area (TPSA) is 45.2 Å². The van der Waals surface area contributed by atoms with Crippen LogP contribution in [0, 0.1) is 0 Å². The average molecular weight is 241 g/mol. The van der Waals surface area contributed by atoms with Gasteiger partial charge < -0.3 is 10.2 Å². The second-order valence-corrected chi connectivity index (χ2v) is 4.53. The summed E-state index contributed by atoms with van der Waals surface area (Å²) in [6.07, 6.45) is 5.01. The lowest BCUT2D eigenvalue weighted by atomic mass is 10.1. The molecule has 0 saturated carbocycles. The van der Waals surface area contributed by atoms with E-state index in [1.165, 1.54) is 12.8 Å². The number of aromatic nitrogens is 1. The molecule has 0 spiro atoms. The molecule has 1 aromatic heterocycles. The van der Waals surface area contributed by atoms with Gasteiger partial charge in [0.1, 0.15) is 5.82 Å². The van der Waals surface area contributed by atoms with Crippen molar-refractivity contribution in [3.05, 3.63) is 30.5 Å². The highest BCUT2D eigenvalue weighted by Crippen LogP contribution is 2.28. The molecule has 0 aliphatic carbocycles. The molecule has 1 aliphatic rings. The summed E-state index contributed by atoms with van der Waals surface area (Å²) in [5, 5.41) is 4.93. The van der Waals surface area contributed by atoms with Crippen molar-refractivity contribution in [2.45, 2.75) is 12.8 Å². The number of carbonyl (C=O) groups is 1. The summed E-state index contributed by atoms with van der Waals surface area (Å²) in [5.74, 6) is 1.06. The zero-order valence-corrected chi connectivity index (χ0v) is 10.1. The molecular formula is C14H15N3O. The summed E-state index contributed by atoms with van der Waals surface area (Å²) in [6.45, 7) is 2.17. The Hall–Kier alpha value is -2.10. The Balaban J connectivity index is 2.07. The van der Waals surface area contributed by atoms with Crippen LogP contribution in [0.15, 0.2) is 30.5 Å². The highest BCUT2D eigenvalue weighted by atomic mass is 16.1. The van der Waals surface area contributed by atoms with Gasteiger partial charge in [-0.2, -0.15) is 0 Å². The van der Waals surface area contributed by atoms with Crippen molar-refractivity contribution in [1.82, 2.24) is 4.98 Å². The van der Waals surface area contributed by atoms with Crippen LogP contribution in [0.2, 0.25) is 0 Å². The maximum absolute atomic E-state index is 10.5. The average Bonchev–Trinajstić information content (AvgIpc) is 2.92. The number of nitrogens with zero attached hydrogens (tertiary/aromatic N) is 2. The Morgan fingerprint density at radius 1 is 1.22 bits per heavy atom. The summed E-state index contributed by atoms with van der Waals surface area (Å²) in [7, 11) is 0. The molecule has 2 aromatic rings. The number of nitrogens with one attached hydrogen (secondary N) is 1. The van der Waals surface area contributed by atoms with E-state index in [0.717, 1.165) is 35.4 Å². The lowest BCUT2D eigenvalue weighted by molar-refractivity contribution is -0.105. The molecule has 1 amide bonds. The first kappa shape index (κ1) is 11.0. The summed E-state index contributed by atoms with van der Waals surface area (Å²) >= 11 is 0. The minimum absolute atomic E-state index is 0.698. The lowest BCUT2D eigenvalue weighted by Crippen LogP contribution is -2.19. The number of pyridine rings is 1. The molecule has 1 aromatic carbocycles. The number of anilines is 2. The first-order valence-electron chi connectivity index (χ1n) is 6.22. The third-order valence-corrected chi connectivity index (χ3v) is 3.37. The Morgan fingerprint density at radius 2 is 2.06 bits per heavy atom. The molecule has 1 fully saturated rings. The first-order valence-corrected chi connectivity index (χ1v) is 6.22. The molecule has 92 valence electrons. The van der Waals surface area contributed by atoms with Gasteiger partial charge in [-0.3, -0.25) is 4.79 Å². The molecule has 2 heterocycles. The van der Waals surface area contributed by atoms with Gasteiger partial charge in [0.15, 0.2) is 0 Å². The predicted molar refractivity (Wildman–Crippen MR) is 72.9 cm³/mol. The zero-order valence-electron chi connectivity index (χ0n) is 10.1. The number of amides is 1. The van der Waals surface area contributed by atoms with Crippen LogP contribution in [-0.2, 0) is 4.79 Å². The van der Waals surface area contributed by atoms with Crippen molar-refractivity contribution < 1.29 is 4.79 Å². The monoisotopic (exact) mass is 241 g/mol. The van der Waals surface area contributed by atoms with Crippen LogP contribution < -0.4 is 10.2 Å². The summed E-state index contributed by atoms with van der Waals surface area (Å²) in [4.78, 5) is 17.3. The van der Waals surface area contributed by atoms with Crippen LogP contribution in [0.5, 0.6) is 0 Å². The second kappa shape index (κ2) is 4.64. The molecule has 1 aliphatic heterocycles. The van der Waals surface area contributed by atoms with Crippen LogP contribution >= 0.6 is 0 Å². The normalized spacial score (nSPS) is 15.0. The Morgan fingerprint density at radius 3 is 2.83 bits per heavy atom. The number of benzene rings is 1. The number of hydrogen-bond acceptors (Lipinski definition) is 3. The highest BCUT2D eigenvalue weighted by molar-refractivity contribution is 5.95. The number of carbonyl (C=O) groups excluding carboxylic acids is 1.